The lowest BCUT2D eigenvalue weighted by molar-refractivity contribution is -0.136. The van der Waals surface area contributed by atoms with Gasteiger partial charge in [0.05, 0.1) is 18.8 Å². The van der Waals surface area contributed by atoms with Gasteiger partial charge in [-0.1, -0.05) is 5.21 Å². The number of hydrogen-bond acceptors (Lipinski definition) is 5. The van der Waals surface area contributed by atoms with Crippen molar-refractivity contribution in [3.05, 3.63) is 6.20 Å². The van der Waals surface area contributed by atoms with Gasteiger partial charge in [-0.15, -0.1) is 5.10 Å². The number of aliphatic hydroxyl groups excluding tert-OH is 1. The van der Waals surface area contributed by atoms with E-state index in [2.05, 4.69) is 15.6 Å². The summed E-state index contributed by atoms with van der Waals surface area (Å²) in [7, 11) is 0. The van der Waals surface area contributed by atoms with Crippen molar-refractivity contribution < 1.29 is 14.7 Å². The van der Waals surface area contributed by atoms with E-state index >= 15 is 0 Å². The summed E-state index contributed by atoms with van der Waals surface area (Å²) in [4.78, 5) is 24.8. The Balaban J connectivity index is 1.96. The Kier molecular flexibility index (Phi) is 4.67. The molecule has 20 heavy (non-hydrogen) atoms. The lowest BCUT2D eigenvalue weighted by Crippen LogP contribution is -2.47. The number of aliphatic hydroxyl groups is 1. The van der Waals surface area contributed by atoms with Crippen LogP contribution in [0, 0.1) is 0 Å². The summed E-state index contributed by atoms with van der Waals surface area (Å²) < 4.78 is 1.39. The summed E-state index contributed by atoms with van der Waals surface area (Å²) in [5.74, 6) is -0.00886. The summed E-state index contributed by atoms with van der Waals surface area (Å²) in [6.07, 6.45) is 4.33. The van der Waals surface area contributed by atoms with Crippen LogP contribution in [0.1, 0.15) is 26.2 Å². The summed E-state index contributed by atoms with van der Waals surface area (Å²) in [6, 6.07) is -0.102. The van der Waals surface area contributed by atoms with Crippen LogP contribution in [0.5, 0.6) is 0 Å². The van der Waals surface area contributed by atoms with Gasteiger partial charge in [-0.3, -0.25) is 9.59 Å². The molecule has 1 aromatic rings. The zero-order chi connectivity index (χ0) is 14.5. The van der Waals surface area contributed by atoms with Crippen LogP contribution in [-0.4, -0.2) is 56.0 Å². The fourth-order valence-electron chi connectivity index (χ4n) is 2.36. The molecule has 1 aliphatic rings. The van der Waals surface area contributed by atoms with Crippen molar-refractivity contribution in [2.75, 3.05) is 18.5 Å². The molecule has 2 N–H and O–H groups in total. The molecule has 0 bridgehead atoms. The number of nitrogens with zero attached hydrogens (tertiary/aromatic N) is 4. The van der Waals surface area contributed by atoms with E-state index in [1.54, 1.807) is 4.90 Å². The highest BCUT2D eigenvalue weighted by molar-refractivity contribution is 5.87. The van der Waals surface area contributed by atoms with Crippen LogP contribution in [0.15, 0.2) is 6.20 Å². The van der Waals surface area contributed by atoms with Gasteiger partial charge in [0.2, 0.25) is 11.8 Å². The van der Waals surface area contributed by atoms with Gasteiger partial charge in [-0.05, 0) is 19.3 Å². The highest BCUT2D eigenvalue weighted by atomic mass is 16.3. The summed E-state index contributed by atoms with van der Waals surface area (Å²) in [5.41, 5.74) is 0. The number of carbonyl (C=O) groups excluding carboxylic acids is 2. The largest absolute Gasteiger partial charge is 0.394 e. The minimum atomic E-state index is -0.236. The van der Waals surface area contributed by atoms with Crippen molar-refractivity contribution >= 4 is 17.6 Å². The van der Waals surface area contributed by atoms with Gasteiger partial charge in [0.1, 0.15) is 6.54 Å². The van der Waals surface area contributed by atoms with Gasteiger partial charge >= 0.3 is 0 Å². The lowest BCUT2D eigenvalue weighted by atomic mass is 10.0. The van der Waals surface area contributed by atoms with Crippen molar-refractivity contribution in [2.24, 2.45) is 0 Å². The minimum absolute atomic E-state index is 0.0137. The molecule has 0 saturated carbocycles. The molecule has 1 aromatic heterocycles. The molecule has 110 valence electrons. The summed E-state index contributed by atoms with van der Waals surface area (Å²) >= 11 is 0. The molecule has 1 atom stereocenters. The Hall–Kier alpha value is -1.96. The Labute approximate surface area is 116 Å². The molecular weight excluding hydrogens is 262 g/mol. The third kappa shape index (κ3) is 3.53. The van der Waals surface area contributed by atoms with Gasteiger partial charge < -0.3 is 15.3 Å². The number of anilines is 1. The number of carbonyl (C=O) groups is 2. The number of hydrogen-bond donors (Lipinski definition) is 2. The third-order valence-electron chi connectivity index (χ3n) is 3.30. The van der Waals surface area contributed by atoms with E-state index in [1.165, 1.54) is 17.8 Å². The van der Waals surface area contributed by atoms with Crippen LogP contribution in [0.4, 0.5) is 5.82 Å². The van der Waals surface area contributed by atoms with Crippen LogP contribution < -0.4 is 5.32 Å². The molecule has 0 radical (unpaired) electrons. The summed E-state index contributed by atoms with van der Waals surface area (Å²) in [6.45, 7) is 2.09. The Morgan fingerprint density at radius 3 is 3.00 bits per heavy atom. The highest BCUT2D eigenvalue weighted by Gasteiger charge is 2.26. The SMILES string of the molecule is CC(=O)Nc1cn(CC(=O)N2CCCCC2CO)nn1. The zero-order valence-electron chi connectivity index (χ0n) is 11.4. The summed E-state index contributed by atoms with van der Waals surface area (Å²) in [5, 5.41) is 19.4. The second-order valence-electron chi connectivity index (χ2n) is 4.90. The molecule has 2 amide bonds. The third-order valence-corrected chi connectivity index (χ3v) is 3.30. The number of nitrogens with one attached hydrogen (secondary N) is 1. The van der Waals surface area contributed by atoms with Crippen molar-refractivity contribution in [2.45, 2.75) is 38.8 Å². The zero-order valence-corrected chi connectivity index (χ0v) is 11.4. The quantitative estimate of drug-likeness (QED) is 0.783. The number of likely N-dealkylation sites (tertiary alicyclic amines) is 1. The standard InChI is InChI=1S/C12H19N5O3/c1-9(19)13-11-6-16(15-14-11)7-12(20)17-5-3-2-4-10(17)8-18/h6,10,18H,2-5,7-8H2,1H3,(H,13,19). The minimum Gasteiger partial charge on any atom is -0.394 e. The van der Waals surface area contributed by atoms with E-state index in [4.69, 9.17) is 0 Å². The fraction of sp³-hybridized carbons (Fsp3) is 0.667. The predicted molar refractivity (Wildman–Crippen MR) is 70.8 cm³/mol. The highest BCUT2D eigenvalue weighted by Crippen LogP contribution is 2.17. The van der Waals surface area contributed by atoms with Crippen molar-refractivity contribution in [3.63, 3.8) is 0 Å². The number of amides is 2. The van der Waals surface area contributed by atoms with E-state index in [-0.39, 0.29) is 31.0 Å². The maximum absolute atomic E-state index is 12.2. The lowest BCUT2D eigenvalue weighted by Gasteiger charge is -2.34. The monoisotopic (exact) mass is 281 g/mol. The van der Waals surface area contributed by atoms with E-state index < -0.39 is 0 Å². The normalized spacial score (nSPS) is 18.9. The van der Waals surface area contributed by atoms with Gasteiger partial charge in [-0.2, -0.15) is 0 Å². The van der Waals surface area contributed by atoms with Crippen LogP contribution in [0.25, 0.3) is 0 Å². The molecule has 1 unspecified atom stereocenters. The molecular formula is C12H19N5O3. The molecule has 0 aromatic carbocycles. The van der Waals surface area contributed by atoms with Gasteiger partial charge in [0.15, 0.2) is 5.82 Å². The molecule has 1 aliphatic heterocycles. The van der Waals surface area contributed by atoms with Gasteiger partial charge in [0.25, 0.3) is 0 Å². The maximum atomic E-state index is 12.2. The van der Waals surface area contributed by atoms with Crippen molar-refractivity contribution in [1.82, 2.24) is 19.9 Å². The van der Waals surface area contributed by atoms with E-state index in [9.17, 15) is 14.7 Å². The maximum Gasteiger partial charge on any atom is 0.244 e. The first kappa shape index (κ1) is 14.4. The molecule has 8 nitrogen and oxygen atoms in total. The van der Waals surface area contributed by atoms with Crippen LogP contribution in [0.2, 0.25) is 0 Å². The Morgan fingerprint density at radius 2 is 2.30 bits per heavy atom. The molecule has 1 saturated heterocycles. The predicted octanol–water partition coefficient (Wildman–Crippen LogP) is -0.390. The Morgan fingerprint density at radius 1 is 1.50 bits per heavy atom. The van der Waals surface area contributed by atoms with Crippen LogP contribution in [-0.2, 0) is 16.1 Å². The number of piperidine rings is 1. The molecule has 2 heterocycles. The number of aromatic nitrogens is 3. The Bertz CT molecular complexity index is 487. The molecule has 1 fully saturated rings. The topological polar surface area (TPSA) is 100 Å². The van der Waals surface area contributed by atoms with E-state index in [1.807, 2.05) is 0 Å². The first-order chi connectivity index (χ1) is 9.60. The number of rotatable bonds is 4. The fourth-order valence-corrected chi connectivity index (χ4v) is 2.36. The van der Waals surface area contributed by atoms with E-state index in [0.717, 1.165) is 19.3 Å². The average molecular weight is 281 g/mol. The van der Waals surface area contributed by atoms with Crippen LogP contribution >= 0.6 is 0 Å². The van der Waals surface area contributed by atoms with Crippen molar-refractivity contribution in [3.8, 4) is 0 Å². The molecule has 0 spiro atoms. The first-order valence-corrected chi connectivity index (χ1v) is 6.68. The van der Waals surface area contributed by atoms with Gasteiger partial charge in [0, 0.05) is 13.5 Å². The second-order valence-corrected chi connectivity index (χ2v) is 4.90. The first-order valence-electron chi connectivity index (χ1n) is 6.68. The smallest absolute Gasteiger partial charge is 0.244 e. The molecule has 0 aliphatic carbocycles. The average Bonchev–Trinajstić information content (AvgIpc) is 2.85. The van der Waals surface area contributed by atoms with Crippen LogP contribution in [0.3, 0.4) is 0 Å². The van der Waals surface area contributed by atoms with Crippen molar-refractivity contribution in [1.29, 1.82) is 0 Å². The molecule has 2 rings (SSSR count). The van der Waals surface area contributed by atoms with E-state index in [0.29, 0.717) is 12.4 Å². The second kappa shape index (κ2) is 6.47. The van der Waals surface area contributed by atoms with Gasteiger partial charge in [-0.25, -0.2) is 4.68 Å². The molecule has 8 heteroatoms.